The Labute approximate surface area is 175 Å². The zero-order valence-corrected chi connectivity index (χ0v) is 18.1. The fraction of sp³-hybridized carbons (Fsp3) is 0.389. The van der Waals surface area contributed by atoms with Crippen LogP contribution in [0.5, 0.6) is 0 Å². The molecular weight excluding hydrogens is 461 g/mol. The average molecular weight is 485 g/mol. The van der Waals surface area contributed by atoms with Gasteiger partial charge in [0.2, 0.25) is 5.91 Å². The van der Waals surface area contributed by atoms with E-state index in [2.05, 4.69) is 26.7 Å². The summed E-state index contributed by atoms with van der Waals surface area (Å²) in [4.78, 5) is 24.2. The van der Waals surface area contributed by atoms with Crippen molar-refractivity contribution in [3.05, 3.63) is 45.9 Å². The van der Waals surface area contributed by atoms with Gasteiger partial charge >= 0.3 is 0 Å². The van der Waals surface area contributed by atoms with E-state index in [1.54, 1.807) is 18.4 Å². The third-order valence-electron chi connectivity index (χ3n) is 4.12. The highest BCUT2D eigenvalue weighted by molar-refractivity contribution is 14.0. The molecular formula is C18H24IN5OS. The molecule has 8 heteroatoms. The fourth-order valence-electron chi connectivity index (χ4n) is 2.91. The summed E-state index contributed by atoms with van der Waals surface area (Å²) in [6, 6.07) is 8.12. The van der Waals surface area contributed by atoms with E-state index in [4.69, 9.17) is 0 Å². The van der Waals surface area contributed by atoms with E-state index in [1.165, 1.54) is 10.4 Å². The molecule has 0 aliphatic carbocycles. The highest BCUT2D eigenvalue weighted by atomic mass is 127. The second kappa shape index (κ2) is 9.86. The molecule has 2 heterocycles. The molecule has 3 rings (SSSR count). The molecule has 0 saturated heterocycles. The summed E-state index contributed by atoms with van der Waals surface area (Å²) in [5.41, 5.74) is 2.27. The van der Waals surface area contributed by atoms with Gasteiger partial charge in [-0.05, 0) is 31.4 Å². The predicted octanol–water partition coefficient (Wildman–Crippen LogP) is 2.71. The zero-order valence-electron chi connectivity index (χ0n) is 15.0. The molecule has 1 aromatic carbocycles. The summed E-state index contributed by atoms with van der Waals surface area (Å²) in [6.45, 7) is 3.61. The van der Waals surface area contributed by atoms with E-state index in [0.29, 0.717) is 12.5 Å². The van der Waals surface area contributed by atoms with Gasteiger partial charge < -0.3 is 15.5 Å². The van der Waals surface area contributed by atoms with Gasteiger partial charge in [0.1, 0.15) is 5.01 Å². The molecule has 0 unspecified atom stereocenters. The van der Waals surface area contributed by atoms with Crippen molar-refractivity contribution in [3.63, 3.8) is 0 Å². The number of aromatic nitrogens is 1. The Morgan fingerprint density at radius 3 is 2.88 bits per heavy atom. The number of thiazole rings is 1. The molecule has 0 spiro atoms. The van der Waals surface area contributed by atoms with Crippen molar-refractivity contribution in [2.24, 2.45) is 4.99 Å². The van der Waals surface area contributed by atoms with E-state index < -0.39 is 0 Å². The monoisotopic (exact) mass is 485 g/mol. The number of nitrogens with zero attached hydrogens (tertiary/aromatic N) is 3. The lowest BCUT2D eigenvalue weighted by molar-refractivity contribution is -0.117. The van der Waals surface area contributed by atoms with Crippen LogP contribution in [0.1, 0.15) is 21.9 Å². The molecule has 2 aromatic rings. The zero-order chi connectivity index (χ0) is 17.6. The first-order chi connectivity index (χ1) is 12.2. The molecule has 2 N–H and O–H groups in total. The van der Waals surface area contributed by atoms with E-state index in [0.717, 1.165) is 30.1 Å². The SMILES string of the molecule is CN=C(NCC(=O)N1CCCc2ccccc21)NCc1ncc(C)s1.I. The molecule has 26 heavy (non-hydrogen) atoms. The van der Waals surface area contributed by atoms with Crippen molar-refractivity contribution < 1.29 is 4.79 Å². The standard InChI is InChI=1S/C18H23N5OS.HI/c1-13-10-20-16(25-13)11-21-18(19-2)22-12-17(24)23-9-5-7-14-6-3-4-8-15(14)23;/h3-4,6,8,10H,5,7,9,11-12H2,1-2H3,(H2,19,21,22);1H. The van der Waals surface area contributed by atoms with E-state index in [9.17, 15) is 4.79 Å². The molecule has 0 bridgehead atoms. The van der Waals surface area contributed by atoms with Crippen LogP contribution < -0.4 is 15.5 Å². The van der Waals surface area contributed by atoms with Gasteiger partial charge in [-0.15, -0.1) is 35.3 Å². The number of rotatable bonds is 4. The van der Waals surface area contributed by atoms with Gasteiger partial charge in [-0.2, -0.15) is 0 Å². The summed E-state index contributed by atoms with van der Waals surface area (Å²) in [5, 5.41) is 7.29. The molecule has 6 nitrogen and oxygen atoms in total. The van der Waals surface area contributed by atoms with Gasteiger partial charge in [-0.1, -0.05) is 18.2 Å². The lowest BCUT2D eigenvalue weighted by Gasteiger charge is -2.29. The molecule has 1 aromatic heterocycles. The molecule has 0 saturated carbocycles. The topological polar surface area (TPSA) is 69.6 Å². The number of benzene rings is 1. The van der Waals surface area contributed by atoms with E-state index >= 15 is 0 Å². The number of guanidine groups is 1. The van der Waals surface area contributed by atoms with Crippen LogP contribution in [-0.2, 0) is 17.8 Å². The molecule has 0 fully saturated rings. The Morgan fingerprint density at radius 2 is 2.15 bits per heavy atom. The van der Waals surface area contributed by atoms with E-state index in [-0.39, 0.29) is 36.4 Å². The summed E-state index contributed by atoms with van der Waals surface area (Å²) < 4.78 is 0. The van der Waals surface area contributed by atoms with Crippen molar-refractivity contribution in [1.82, 2.24) is 15.6 Å². The quantitative estimate of drug-likeness (QED) is 0.397. The van der Waals surface area contributed by atoms with Crippen LogP contribution in [0, 0.1) is 6.92 Å². The summed E-state index contributed by atoms with van der Waals surface area (Å²) in [7, 11) is 1.70. The minimum atomic E-state index is 0. The third kappa shape index (κ3) is 5.16. The number of hydrogen-bond donors (Lipinski definition) is 2. The van der Waals surface area contributed by atoms with E-state index in [1.807, 2.05) is 36.2 Å². The van der Waals surface area contributed by atoms with Crippen LogP contribution in [-0.4, -0.2) is 37.0 Å². The van der Waals surface area contributed by atoms with Crippen molar-refractivity contribution in [3.8, 4) is 0 Å². The van der Waals surface area contributed by atoms with Gasteiger partial charge in [0.15, 0.2) is 5.96 Å². The number of aliphatic imine (C=N–C) groups is 1. The van der Waals surface area contributed by atoms with Gasteiger partial charge in [-0.25, -0.2) is 4.98 Å². The number of fused-ring (bicyclic) bond motifs is 1. The maximum absolute atomic E-state index is 12.6. The molecule has 0 radical (unpaired) electrons. The van der Waals surface area contributed by atoms with Crippen LogP contribution in [0.4, 0.5) is 5.69 Å². The molecule has 1 aliphatic heterocycles. The lowest BCUT2D eigenvalue weighted by Crippen LogP contribution is -2.45. The number of aryl methyl sites for hydroxylation is 2. The minimum Gasteiger partial charge on any atom is -0.350 e. The number of anilines is 1. The first kappa shape index (κ1) is 20.6. The number of halogens is 1. The maximum Gasteiger partial charge on any atom is 0.246 e. The Balaban J connectivity index is 0.00000243. The maximum atomic E-state index is 12.6. The number of carbonyl (C=O) groups is 1. The molecule has 1 amide bonds. The second-order valence-corrected chi connectivity index (χ2v) is 7.24. The van der Waals surface area contributed by atoms with Crippen molar-refractivity contribution in [1.29, 1.82) is 0 Å². The first-order valence-corrected chi connectivity index (χ1v) is 9.23. The Hall–Kier alpha value is -1.68. The van der Waals surface area contributed by atoms with Gasteiger partial charge in [0.05, 0.1) is 13.1 Å². The summed E-state index contributed by atoms with van der Waals surface area (Å²) >= 11 is 1.65. The first-order valence-electron chi connectivity index (χ1n) is 8.41. The number of nitrogens with one attached hydrogen (secondary N) is 2. The second-order valence-electron chi connectivity index (χ2n) is 5.92. The van der Waals surface area contributed by atoms with Gasteiger partial charge in [-0.3, -0.25) is 9.79 Å². The number of carbonyl (C=O) groups excluding carboxylic acids is 1. The Bertz CT molecular complexity index is 776. The number of amides is 1. The molecule has 0 atom stereocenters. The van der Waals surface area contributed by atoms with Crippen molar-refractivity contribution in [2.45, 2.75) is 26.3 Å². The van der Waals surface area contributed by atoms with Crippen LogP contribution >= 0.6 is 35.3 Å². The van der Waals surface area contributed by atoms with Crippen molar-refractivity contribution in [2.75, 3.05) is 25.0 Å². The highest BCUT2D eigenvalue weighted by Crippen LogP contribution is 2.26. The summed E-state index contributed by atoms with van der Waals surface area (Å²) in [6.07, 6.45) is 3.89. The van der Waals surface area contributed by atoms with Crippen LogP contribution in [0.15, 0.2) is 35.5 Å². The van der Waals surface area contributed by atoms with Crippen LogP contribution in [0.3, 0.4) is 0 Å². The lowest BCUT2D eigenvalue weighted by atomic mass is 10.0. The van der Waals surface area contributed by atoms with Crippen LogP contribution in [0.2, 0.25) is 0 Å². The largest absolute Gasteiger partial charge is 0.350 e. The third-order valence-corrected chi connectivity index (χ3v) is 5.03. The average Bonchev–Trinajstić information content (AvgIpc) is 3.06. The predicted molar refractivity (Wildman–Crippen MR) is 118 cm³/mol. The van der Waals surface area contributed by atoms with Crippen LogP contribution in [0.25, 0.3) is 0 Å². The van der Waals surface area contributed by atoms with Gasteiger partial charge in [0.25, 0.3) is 0 Å². The smallest absolute Gasteiger partial charge is 0.246 e. The fourth-order valence-corrected chi connectivity index (χ4v) is 3.64. The minimum absolute atomic E-state index is 0. The molecule has 1 aliphatic rings. The molecule has 140 valence electrons. The normalized spacial score (nSPS) is 13.6. The Morgan fingerprint density at radius 1 is 1.35 bits per heavy atom. The number of hydrogen-bond acceptors (Lipinski definition) is 4. The summed E-state index contributed by atoms with van der Waals surface area (Å²) in [5.74, 6) is 0.659. The number of para-hydroxylation sites is 1. The van der Waals surface area contributed by atoms with Crippen molar-refractivity contribution >= 4 is 52.9 Å². The highest BCUT2D eigenvalue weighted by Gasteiger charge is 2.21. The van der Waals surface area contributed by atoms with Gasteiger partial charge in [0, 0.05) is 30.4 Å². The Kier molecular flexibility index (Phi) is 7.83.